The van der Waals surface area contributed by atoms with Crippen molar-refractivity contribution in [2.75, 3.05) is 13.7 Å². The van der Waals surface area contributed by atoms with Crippen LogP contribution in [0.25, 0.3) is 0 Å². The highest BCUT2D eigenvalue weighted by molar-refractivity contribution is 7.56. The van der Waals surface area contributed by atoms with Crippen molar-refractivity contribution in [2.45, 2.75) is 13.8 Å². The SMILES string of the molecule is CN=P(C)(Oc1cccc(C)c1)Oc1cccc(C)c1. The predicted molar refractivity (Wildman–Crippen MR) is 84.8 cm³/mol. The lowest BCUT2D eigenvalue weighted by Crippen LogP contribution is -2.00. The molecule has 2 rings (SSSR count). The number of benzene rings is 2. The molecular weight excluding hydrogens is 269 g/mol. The second-order valence-corrected chi connectivity index (χ2v) is 7.19. The van der Waals surface area contributed by atoms with Gasteiger partial charge >= 0.3 is 7.51 Å². The van der Waals surface area contributed by atoms with Crippen molar-refractivity contribution in [1.29, 1.82) is 0 Å². The van der Waals surface area contributed by atoms with Crippen molar-refractivity contribution in [3.8, 4) is 11.5 Å². The van der Waals surface area contributed by atoms with Crippen LogP contribution in [0.3, 0.4) is 0 Å². The molecular formula is C16H20NO2P. The Balaban J connectivity index is 2.22. The maximum Gasteiger partial charge on any atom is 0.310 e. The van der Waals surface area contributed by atoms with Gasteiger partial charge < -0.3 is 9.05 Å². The van der Waals surface area contributed by atoms with E-state index in [0.717, 1.165) is 22.6 Å². The molecule has 0 amide bonds. The fourth-order valence-electron chi connectivity index (χ4n) is 1.84. The molecule has 0 spiro atoms. The zero-order chi connectivity index (χ0) is 14.6. The van der Waals surface area contributed by atoms with E-state index in [1.165, 1.54) is 0 Å². The first-order valence-electron chi connectivity index (χ1n) is 6.51. The standard InChI is InChI=1S/C16H20NO2P/c1-13-7-5-9-15(11-13)18-20(4,17-3)19-16-10-6-8-14(2)12-16/h5-12H,1-4H3. The number of nitrogens with zero attached hydrogens (tertiary/aromatic N) is 1. The largest absolute Gasteiger partial charge is 0.430 e. The molecule has 0 aromatic heterocycles. The Morgan fingerprint density at radius 3 is 1.65 bits per heavy atom. The summed E-state index contributed by atoms with van der Waals surface area (Å²) < 4.78 is 16.3. The van der Waals surface area contributed by atoms with Crippen LogP contribution >= 0.6 is 7.51 Å². The zero-order valence-electron chi connectivity index (χ0n) is 12.3. The van der Waals surface area contributed by atoms with Gasteiger partial charge in [0.15, 0.2) is 0 Å². The van der Waals surface area contributed by atoms with Crippen LogP contribution in [0.2, 0.25) is 0 Å². The van der Waals surface area contributed by atoms with Crippen LogP contribution in [0.4, 0.5) is 0 Å². The Hall–Kier alpha value is -1.73. The lowest BCUT2D eigenvalue weighted by atomic mass is 10.2. The molecule has 20 heavy (non-hydrogen) atoms. The number of hydrogen-bond donors (Lipinski definition) is 0. The lowest BCUT2D eigenvalue weighted by Gasteiger charge is -2.21. The topological polar surface area (TPSA) is 30.8 Å². The average molecular weight is 289 g/mol. The summed E-state index contributed by atoms with van der Waals surface area (Å²) in [5, 5.41) is 0. The van der Waals surface area contributed by atoms with E-state index in [-0.39, 0.29) is 0 Å². The highest BCUT2D eigenvalue weighted by atomic mass is 31.2. The van der Waals surface area contributed by atoms with Crippen molar-refractivity contribution >= 4 is 7.51 Å². The molecule has 0 atom stereocenters. The van der Waals surface area contributed by atoms with E-state index < -0.39 is 7.51 Å². The molecule has 0 aliphatic carbocycles. The molecule has 0 saturated carbocycles. The van der Waals surface area contributed by atoms with E-state index in [1.807, 2.05) is 69.0 Å². The molecule has 4 heteroatoms. The van der Waals surface area contributed by atoms with Crippen molar-refractivity contribution < 1.29 is 9.05 Å². The minimum Gasteiger partial charge on any atom is -0.430 e. The second kappa shape index (κ2) is 6.15. The summed E-state index contributed by atoms with van der Waals surface area (Å²) in [6.45, 7) is 5.98. The number of hydrogen-bond acceptors (Lipinski definition) is 3. The van der Waals surface area contributed by atoms with Gasteiger partial charge in [-0.25, -0.2) is 4.74 Å². The van der Waals surface area contributed by atoms with E-state index in [9.17, 15) is 0 Å². The minimum absolute atomic E-state index is 0.791. The Kier molecular flexibility index (Phi) is 4.51. The van der Waals surface area contributed by atoms with Gasteiger partial charge in [-0.15, -0.1) is 0 Å². The summed E-state index contributed by atoms with van der Waals surface area (Å²) in [6, 6.07) is 15.8. The van der Waals surface area contributed by atoms with E-state index in [2.05, 4.69) is 4.74 Å². The summed E-state index contributed by atoms with van der Waals surface area (Å²) in [7, 11) is -0.573. The molecule has 0 fully saturated rings. The molecule has 2 aromatic rings. The van der Waals surface area contributed by atoms with E-state index in [0.29, 0.717) is 0 Å². The van der Waals surface area contributed by atoms with Gasteiger partial charge in [-0.3, -0.25) is 0 Å². The zero-order valence-corrected chi connectivity index (χ0v) is 13.2. The Bertz CT molecular complexity index is 601. The molecule has 0 bridgehead atoms. The van der Waals surface area contributed by atoms with Gasteiger partial charge in [-0.2, -0.15) is 0 Å². The molecule has 0 N–H and O–H groups in total. The quantitative estimate of drug-likeness (QED) is 0.737. The average Bonchev–Trinajstić information content (AvgIpc) is 2.38. The number of rotatable bonds is 4. The normalized spacial score (nSPS) is 11.0. The van der Waals surface area contributed by atoms with Crippen LogP contribution in [0.1, 0.15) is 11.1 Å². The van der Waals surface area contributed by atoms with Crippen molar-refractivity contribution in [1.82, 2.24) is 0 Å². The summed E-state index contributed by atoms with van der Waals surface area (Å²) in [5.74, 6) is 1.58. The summed E-state index contributed by atoms with van der Waals surface area (Å²) in [6.07, 6.45) is 0. The van der Waals surface area contributed by atoms with Crippen LogP contribution < -0.4 is 9.05 Å². The molecule has 0 aliphatic heterocycles. The van der Waals surface area contributed by atoms with E-state index in [4.69, 9.17) is 9.05 Å². The molecule has 106 valence electrons. The van der Waals surface area contributed by atoms with Gasteiger partial charge in [-0.05, 0) is 49.2 Å². The van der Waals surface area contributed by atoms with Crippen LogP contribution in [0.5, 0.6) is 11.5 Å². The first-order valence-corrected chi connectivity index (χ1v) is 8.54. The Labute approximate surface area is 120 Å². The Morgan fingerprint density at radius 2 is 1.30 bits per heavy atom. The summed E-state index contributed by atoms with van der Waals surface area (Å²) >= 11 is 0. The number of aryl methyl sites for hydroxylation is 2. The van der Waals surface area contributed by atoms with Gasteiger partial charge in [-0.1, -0.05) is 24.3 Å². The highest BCUT2D eigenvalue weighted by Gasteiger charge is 2.17. The maximum absolute atomic E-state index is 6.00. The smallest absolute Gasteiger partial charge is 0.310 e. The molecule has 3 nitrogen and oxygen atoms in total. The Morgan fingerprint density at radius 1 is 0.850 bits per heavy atom. The lowest BCUT2D eigenvalue weighted by molar-refractivity contribution is 0.480. The second-order valence-electron chi connectivity index (χ2n) is 4.82. The summed E-state index contributed by atoms with van der Waals surface area (Å²) in [5.41, 5.74) is 2.31. The maximum atomic E-state index is 6.00. The third kappa shape index (κ3) is 3.88. The third-order valence-electron chi connectivity index (χ3n) is 2.89. The van der Waals surface area contributed by atoms with E-state index >= 15 is 0 Å². The van der Waals surface area contributed by atoms with Crippen LogP contribution in [0.15, 0.2) is 53.3 Å². The van der Waals surface area contributed by atoms with Gasteiger partial charge in [0.1, 0.15) is 11.5 Å². The summed E-state index contributed by atoms with van der Waals surface area (Å²) in [4.78, 5) is 0. The first-order chi connectivity index (χ1) is 9.50. The van der Waals surface area contributed by atoms with E-state index in [1.54, 1.807) is 7.05 Å². The van der Waals surface area contributed by atoms with Crippen molar-refractivity contribution in [2.24, 2.45) is 4.74 Å². The minimum atomic E-state index is -2.31. The van der Waals surface area contributed by atoms with Crippen LogP contribution in [-0.4, -0.2) is 13.7 Å². The van der Waals surface area contributed by atoms with Gasteiger partial charge in [0, 0.05) is 13.7 Å². The predicted octanol–water partition coefficient (Wildman–Crippen LogP) is 5.05. The first kappa shape index (κ1) is 14.7. The van der Waals surface area contributed by atoms with Crippen molar-refractivity contribution in [3.05, 3.63) is 59.7 Å². The van der Waals surface area contributed by atoms with Crippen LogP contribution in [-0.2, 0) is 0 Å². The molecule has 2 aromatic carbocycles. The molecule has 0 heterocycles. The third-order valence-corrected chi connectivity index (χ3v) is 4.72. The van der Waals surface area contributed by atoms with Gasteiger partial charge in [0.2, 0.25) is 0 Å². The molecule has 0 radical (unpaired) electrons. The fraction of sp³-hybridized carbons (Fsp3) is 0.250. The van der Waals surface area contributed by atoms with Crippen LogP contribution in [0, 0.1) is 13.8 Å². The fourth-order valence-corrected chi connectivity index (χ4v) is 3.05. The molecule has 0 unspecified atom stereocenters. The van der Waals surface area contributed by atoms with Crippen molar-refractivity contribution in [3.63, 3.8) is 0 Å². The van der Waals surface area contributed by atoms with Gasteiger partial charge in [0.05, 0.1) is 0 Å². The monoisotopic (exact) mass is 289 g/mol. The molecule has 0 aliphatic rings. The van der Waals surface area contributed by atoms with Gasteiger partial charge in [0.25, 0.3) is 0 Å². The highest BCUT2D eigenvalue weighted by Crippen LogP contribution is 2.48. The molecule has 0 saturated heterocycles.